The van der Waals surface area contributed by atoms with Crippen LogP contribution in [0.3, 0.4) is 0 Å². The standard InChI is InChI=1S/C19H26N2O4/c1-2-15-12-21(9-10-23-15)13-18(22)20-14-5-6-16-17(11-14)25-19(24-16)7-3-4-8-19/h5-6,11,15H,2-4,7-10,12-13H2,1H3,(H,20,22)/t15-/m1/s1. The smallest absolute Gasteiger partial charge is 0.251 e. The Morgan fingerprint density at radius 3 is 2.88 bits per heavy atom. The summed E-state index contributed by atoms with van der Waals surface area (Å²) in [7, 11) is 0. The average Bonchev–Trinajstić information content (AvgIpc) is 3.20. The molecule has 2 fully saturated rings. The van der Waals surface area contributed by atoms with Gasteiger partial charge in [0.05, 0.1) is 19.3 Å². The summed E-state index contributed by atoms with van der Waals surface area (Å²) in [5.41, 5.74) is 0.752. The maximum absolute atomic E-state index is 12.4. The monoisotopic (exact) mass is 346 g/mol. The Hall–Kier alpha value is -1.79. The Morgan fingerprint density at radius 2 is 2.08 bits per heavy atom. The zero-order valence-corrected chi connectivity index (χ0v) is 14.8. The van der Waals surface area contributed by atoms with Crippen LogP contribution in [0, 0.1) is 0 Å². The predicted octanol–water partition coefficient (Wildman–Crippen LogP) is 2.78. The average molecular weight is 346 g/mol. The van der Waals surface area contributed by atoms with E-state index in [4.69, 9.17) is 14.2 Å². The zero-order valence-electron chi connectivity index (χ0n) is 14.8. The Labute approximate surface area is 148 Å². The molecule has 1 amide bonds. The van der Waals surface area contributed by atoms with E-state index in [1.165, 1.54) is 0 Å². The Kier molecular flexibility index (Phi) is 4.56. The Morgan fingerprint density at radius 1 is 1.28 bits per heavy atom. The minimum absolute atomic E-state index is 0.00815. The lowest BCUT2D eigenvalue weighted by Crippen LogP contribution is -2.45. The number of morpholine rings is 1. The first kappa shape index (κ1) is 16.7. The van der Waals surface area contributed by atoms with Gasteiger partial charge in [0.1, 0.15) is 0 Å². The molecule has 1 atom stereocenters. The molecular weight excluding hydrogens is 320 g/mol. The summed E-state index contributed by atoms with van der Waals surface area (Å²) in [5.74, 6) is 1.04. The van der Waals surface area contributed by atoms with Gasteiger partial charge in [-0.25, -0.2) is 0 Å². The van der Waals surface area contributed by atoms with Gasteiger partial charge in [-0.05, 0) is 31.4 Å². The van der Waals surface area contributed by atoms with Crippen molar-refractivity contribution in [1.82, 2.24) is 4.90 Å². The first-order valence-electron chi connectivity index (χ1n) is 9.32. The second kappa shape index (κ2) is 6.84. The predicted molar refractivity (Wildman–Crippen MR) is 94.0 cm³/mol. The van der Waals surface area contributed by atoms with Crippen LogP contribution in [0.4, 0.5) is 5.69 Å². The number of amides is 1. The third kappa shape index (κ3) is 3.60. The molecule has 6 nitrogen and oxygen atoms in total. The third-order valence-electron chi connectivity index (χ3n) is 5.23. The second-order valence-electron chi connectivity index (χ2n) is 7.17. The van der Waals surface area contributed by atoms with Crippen molar-refractivity contribution in [2.45, 2.75) is 50.9 Å². The number of rotatable bonds is 4. The van der Waals surface area contributed by atoms with Crippen molar-refractivity contribution < 1.29 is 19.0 Å². The van der Waals surface area contributed by atoms with Crippen molar-refractivity contribution in [1.29, 1.82) is 0 Å². The maximum Gasteiger partial charge on any atom is 0.251 e. The fourth-order valence-corrected chi connectivity index (χ4v) is 3.86. The molecule has 2 aliphatic heterocycles. The Balaban J connectivity index is 1.35. The molecule has 1 spiro atoms. The molecule has 6 heteroatoms. The number of hydrogen-bond acceptors (Lipinski definition) is 5. The highest BCUT2D eigenvalue weighted by atomic mass is 16.7. The number of nitrogens with zero attached hydrogens (tertiary/aromatic N) is 1. The molecule has 0 bridgehead atoms. The molecule has 0 aromatic heterocycles. The minimum Gasteiger partial charge on any atom is -0.448 e. The maximum atomic E-state index is 12.4. The number of benzene rings is 1. The van der Waals surface area contributed by atoms with Gasteiger partial charge in [0.25, 0.3) is 5.79 Å². The first-order valence-corrected chi connectivity index (χ1v) is 9.32. The highest BCUT2D eigenvalue weighted by Gasteiger charge is 2.44. The Bertz CT molecular complexity index is 642. The summed E-state index contributed by atoms with van der Waals surface area (Å²) >= 11 is 0. The molecule has 0 unspecified atom stereocenters. The van der Waals surface area contributed by atoms with E-state index in [0.717, 1.165) is 62.4 Å². The largest absolute Gasteiger partial charge is 0.448 e. The van der Waals surface area contributed by atoms with E-state index in [1.54, 1.807) is 0 Å². The quantitative estimate of drug-likeness (QED) is 0.908. The van der Waals surface area contributed by atoms with Crippen molar-refractivity contribution in [3.8, 4) is 11.5 Å². The van der Waals surface area contributed by atoms with Gasteiger partial charge in [-0.1, -0.05) is 6.92 Å². The number of nitrogens with one attached hydrogen (secondary N) is 1. The molecule has 1 saturated carbocycles. The van der Waals surface area contributed by atoms with Crippen LogP contribution in [-0.4, -0.2) is 48.9 Å². The van der Waals surface area contributed by atoms with Crippen LogP contribution in [0.5, 0.6) is 11.5 Å². The molecule has 3 aliphatic rings. The second-order valence-corrected chi connectivity index (χ2v) is 7.17. The molecule has 0 radical (unpaired) electrons. The first-order chi connectivity index (χ1) is 12.2. The van der Waals surface area contributed by atoms with Crippen LogP contribution in [0.25, 0.3) is 0 Å². The molecule has 1 aromatic carbocycles. The number of fused-ring (bicyclic) bond motifs is 1. The van der Waals surface area contributed by atoms with E-state index >= 15 is 0 Å². The highest BCUT2D eigenvalue weighted by molar-refractivity contribution is 5.92. The van der Waals surface area contributed by atoms with Gasteiger partial charge in [-0.2, -0.15) is 0 Å². The van der Waals surface area contributed by atoms with Crippen LogP contribution in [-0.2, 0) is 9.53 Å². The summed E-state index contributed by atoms with van der Waals surface area (Å²) < 4.78 is 17.7. The van der Waals surface area contributed by atoms with Crippen LogP contribution in [0.15, 0.2) is 18.2 Å². The zero-order chi connectivity index (χ0) is 17.3. The third-order valence-corrected chi connectivity index (χ3v) is 5.23. The van der Waals surface area contributed by atoms with E-state index in [-0.39, 0.29) is 12.0 Å². The highest BCUT2D eigenvalue weighted by Crippen LogP contribution is 2.47. The molecule has 1 aromatic rings. The summed E-state index contributed by atoms with van der Waals surface area (Å²) in [6.07, 6.45) is 5.33. The van der Waals surface area contributed by atoms with Gasteiger partial charge in [-0.15, -0.1) is 0 Å². The lowest BCUT2D eigenvalue weighted by Gasteiger charge is -2.31. The lowest BCUT2D eigenvalue weighted by molar-refractivity contribution is -0.119. The van der Waals surface area contributed by atoms with E-state index in [9.17, 15) is 4.79 Å². The summed E-state index contributed by atoms with van der Waals surface area (Å²) in [4.78, 5) is 14.5. The summed E-state index contributed by atoms with van der Waals surface area (Å²) in [6, 6.07) is 5.64. The van der Waals surface area contributed by atoms with Gasteiger partial charge in [0.2, 0.25) is 5.91 Å². The molecule has 1 saturated heterocycles. The normalized spacial score (nSPS) is 24.6. The van der Waals surface area contributed by atoms with Gasteiger partial charge in [0, 0.05) is 37.7 Å². The van der Waals surface area contributed by atoms with Crippen LogP contribution in [0.2, 0.25) is 0 Å². The molecule has 4 rings (SSSR count). The van der Waals surface area contributed by atoms with Gasteiger partial charge in [0.15, 0.2) is 11.5 Å². The molecule has 25 heavy (non-hydrogen) atoms. The fraction of sp³-hybridized carbons (Fsp3) is 0.632. The minimum atomic E-state index is -0.464. The van der Waals surface area contributed by atoms with Crippen molar-refractivity contribution in [3.63, 3.8) is 0 Å². The summed E-state index contributed by atoms with van der Waals surface area (Å²) in [6.45, 7) is 4.80. The number of hydrogen-bond donors (Lipinski definition) is 1. The van der Waals surface area contributed by atoms with Crippen molar-refractivity contribution in [2.24, 2.45) is 0 Å². The van der Waals surface area contributed by atoms with E-state index < -0.39 is 5.79 Å². The molecule has 1 N–H and O–H groups in total. The number of carbonyl (C=O) groups excluding carboxylic acids is 1. The molecule has 1 aliphatic carbocycles. The van der Waals surface area contributed by atoms with Crippen molar-refractivity contribution in [2.75, 3.05) is 31.6 Å². The van der Waals surface area contributed by atoms with Gasteiger partial charge < -0.3 is 19.5 Å². The van der Waals surface area contributed by atoms with E-state index in [2.05, 4.69) is 17.1 Å². The number of anilines is 1. The fourth-order valence-electron chi connectivity index (χ4n) is 3.86. The molecule has 2 heterocycles. The SMILES string of the molecule is CC[C@@H]1CN(CC(=O)Nc2ccc3c(c2)OC2(CCCC2)O3)CCO1. The number of carbonyl (C=O) groups is 1. The van der Waals surface area contributed by atoms with E-state index in [0.29, 0.717) is 13.2 Å². The van der Waals surface area contributed by atoms with Crippen LogP contribution >= 0.6 is 0 Å². The van der Waals surface area contributed by atoms with Crippen molar-refractivity contribution in [3.05, 3.63) is 18.2 Å². The van der Waals surface area contributed by atoms with E-state index in [1.807, 2.05) is 18.2 Å². The van der Waals surface area contributed by atoms with Gasteiger partial charge in [-0.3, -0.25) is 9.69 Å². The molecule has 136 valence electrons. The van der Waals surface area contributed by atoms with Crippen LogP contribution in [0.1, 0.15) is 39.0 Å². The summed E-state index contributed by atoms with van der Waals surface area (Å²) in [5, 5.41) is 2.97. The van der Waals surface area contributed by atoms with Crippen LogP contribution < -0.4 is 14.8 Å². The lowest BCUT2D eigenvalue weighted by atomic mass is 10.2. The topological polar surface area (TPSA) is 60.0 Å². The molecular formula is C19H26N2O4. The number of ether oxygens (including phenoxy) is 3. The van der Waals surface area contributed by atoms with Gasteiger partial charge >= 0.3 is 0 Å². The van der Waals surface area contributed by atoms with Crippen molar-refractivity contribution >= 4 is 11.6 Å².